The maximum Gasteiger partial charge on any atom is 0.407 e. The number of aromatic nitrogens is 2. The lowest BCUT2D eigenvalue weighted by atomic mass is 9.86. The predicted molar refractivity (Wildman–Crippen MR) is 315 cm³/mol. The fourth-order valence-corrected chi connectivity index (χ4v) is 9.77. The highest BCUT2D eigenvalue weighted by Crippen LogP contribution is 2.43. The van der Waals surface area contributed by atoms with Crippen molar-refractivity contribution in [1.29, 1.82) is 0 Å². The summed E-state index contributed by atoms with van der Waals surface area (Å²) >= 11 is 0. The van der Waals surface area contributed by atoms with Crippen LogP contribution in [-0.2, 0) is 96.6 Å². The number of Topliss-reactive ketones (excluding diaryl/α,β-unsaturated/α-hetero) is 1. The van der Waals surface area contributed by atoms with Gasteiger partial charge in [0.15, 0.2) is 17.1 Å². The molecule has 0 bridgehead atoms. The number of carbonyl (C=O) groups excluding carboxylic acids is 6. The van der Waals surface area contributed by atoms with Crippen molar-refractivity contribution in [3.05, 3.63) is 50.8 Å². The Labute approximate surface area is 507 Å². The third-order valence-electron chi connectivity index (χ3n) is 14.5. The lowest BCUT2D eigenvalue weighted by molar-refractivity contribution is -0.172. The number of nitrogens with zero attached hydrogens (tertiary/aromatic N) is 2. The van der Waals surface area contributed by atoms with Gasteiger partial charge < -0.3 is 87.8 Å². The highest BCUT2D eigenvalue weighted by molar-refractivity contribution is 5.94. The van der Waals surface area contributed by atoms with Crippen molar-refractivity contribution in [3.8, 4) is 22.9 Å². The zero-order chi connectivity index (χ0) is 62.8. The number of ketones is 1. The number of cyclic esters (lactones) is 1. The van der Waals surface area contributed by atoms with Crippen LogP contribution in [0.2, 0.25) is 0 Å². The van der Waals surface area contributed by atoms with Crippen LogP contribution in [0.5, 0.6) is 11.5 Å². The number of amides is 4. The molecule has 4 amide bonds. The van der Waals surface area contributed by atoms with Gasteiger partial charge in [0, 0.05) is 61.0 Å². The Morgan fingerprint density at radius 3 is 1.85 bits per heavy atom. The Hall–Kier alpha value is -6.36. The molecule has 0 aliphatic carbocycles. The van der Waals surface area contributed by atoms with E-state index < -0.39 is 65.0 Å². The van der Waals surface area contributed by atoms with Gasteiger partial charge in [-0.2, -0.15) is 0 Å². The van der Waals surface area contributed by atoms with Crippen LogP contribution in [0.1, 0.15) is 116 Å². The maximum absolute atomic E-state index is 14.0. The van der Waals surface area contributed by atoms with Crippen molar-refractivity contribution >= 4 is 46.5 Å². The Bertz CT molecular complexity index is 2820. The van der Waals surface area contributed by atoms with E-state index in [2.05, 4.69) is 28.2 Å². The van der Waals surface area contributed by atoms with Crippen molar-refractivity contribution in [2.45, 2.75) is 130 Å². The quantitative estimate of drug-likeness (QED) is 0.0310. The van der Waals surface area contributed by atoms with Crippen LogP contribution in [-0.4, -0.2) is 187 Å². The number of alkyl carbamates (subject to hydrolysis) is 1. The number of nitrogens with one attached hydrogen (secondary N) is 4. The first-order valence-electron chi connectivity index (χ1n) is 30.2. The molecule has 0 saturated heterocycles. The molecule has 3 atom stereocenters. The molecule has 5 N–H and O–H groups in total. The molecule has 0 spiro atoms. The summed E-state index contributed by atoms with van der Waals surface area (Å²) in [7, 11) is 0. The molecule has 3 aromatic rings. The Morgan fingerprint density at radius 1 is 0.713 bits per heavy atom. The highest BCUT2D eigenvalue weighted by Gasteiger charge is 2.46. The molecule has 5 heterocycles. The van der Waals surface area contributed by atoms with Crippen LogP contribution < -0.4 is 36.3 Å². The summed E-state index contributed by atoms with van der Waals surface area (Å²) < 4.78 is 67.4. The number of benzene rings is 1. The molecule has 26 heteroatoms. The lowest BCUT2D eigenvalue weighted by Crippen LogP contribution is -2.51. The first-order valence-corrected chi connectivity index (χ1v) is 30.2. The SMILES string of the molecule is CCCOCCOCCOCCOCCOCCOCCOCCOCCC(=O)C[C@H](C(=O)N[C@@H](CCCCNC(=O)OC(C)(C)C)C(=O)NCC(=O)NCc1c2c(nc3cc4c(cc13)OCO4)-c1cc3c(c(=O)n1C2)COC(=O)[C@]3(O)CC)C(C)C. The number of aliphatic hydroxyl groups is 1. The largest absolute Gasteiger partial charge is 0.458 e. The number of rotatable bonds is 42. The molecule has 3 aliphatic rings. The summed E-state index contributed by atoms with van der Waals surface area (Å²) in [6.07, 6.45) is 1.27. The number of hydrogen-bond acceptors (Lipinski definition) is 21. The van der Waals surface area contributed by atoms with Gasteiger partial charge in [-0.05, 0) is 76.5 Å². The van der Waals surface area contributed by atoms with E-state index in [1.807, 2.05) is 13.8 Å². The standard InChI is InChI=1S/C61H90N6O20/c1-8-15-76-17-19-78-21-23-80-25-27-82-29-30-83-28-26-81-24-22-79-20-18-77-16-13-41(68)31-42(40(3)4)55(70)66-48(12-10-11-14-62-59(74)87-60(5,6)7)56(71)64-36-53(69)63-35-44-43-32-51-52(86-39-85-51)34-49(43)65-54-45(44)37-67-50(54)33-47-46(57(67)72)38-84-58(73)61(47,75)9-2/h32-34,40,42,48,75H,8-31,35-39H2,1-7H3,(H,62,74)(H,63,69)(H,64,71)(H,66,70)/t42-,48-,61-/m0/s1. The number of carbonyl (C=O) groups is 6. The van der Waals surface area contributed by atoms with Crippen LogP contribution in [0, 0.1) is 11.8 Å². The first kappa shape index (κ1) is 69.7. The summed E-state index contributed by atoms with van der Waals surface area (Å²) in [5.74, 6) is -2.95. The third kappa shape index (κ3) is 21.4. The van der Waals surface area contributed by atoms with E-state index in [1.165, 1.54) is 4.57 Å². The molecule has 0 saturated carbocycles. The molecular weight excluding hydrogens is 1140 g/mol. The monoisotopic (exact) mass is 1230 g/mol. The molecule has 2 aromatic heterocycles. The second-order valence-electron chi connectivity index (χ2n) is 22.5. The van der Waals surface area contributed by atoms with Gasteiger partial charge >= 0.3 is 12.1 Å². The first-order chi connectivity index (χ1) is 41.8. The molecule has 0 unspecified atom stereocenters. The molecule has 6 rings (SSSR count). The van der Waals surface area contributed by atoms with E-state index in [9.17, 15) is 38.7 Å². The van der Waals surface area contributed by atoms with Crippen LogP contribution >= 0.6 is 0 Å². The van der Waals surface area contributed by atoms with Crippen molar-refractivity contribution in [3.63, 3.8) is 0 Å². The smallest absolute Gasteiger partial charge is 0.407 e. The minimum absolute atomic E-state index is 0.0112. The number of hydrogen-bond donors (Lipinski definition) is 5. The number of ether oxygens (including phenoxy) is 12. The minimum Gasteiger partial charge on any atom is -0.458 e. The van der Waals surface area contributed by atoms with Crippen LogP contribution in [0.3, 0.4) is 0 Å². The van der Waals surface area contributed by atoms with Crippen LogP contribution in [0.4, 0.5) is 4.79 Å². The van der Waals surface area contributed by atoms with Crippen molar-refractivity contribution < 1.29 is 90.7 Å². The number of esters is 1. The van der Waals surface area contributed by atoms with Crippen molar-refractivity contribution in [2.24, 2.45) is 11.8 Å². The molecule has 0 radical (unpaired) electrons. The van der Waals surface area contributed by atoms with Crippen molar-refractivity contribution in [1.82, 2.24) is 30.8 Å². The predicted octanol–water partition coefficient (Wildman–Crippen LogP) is 3.88. The molecule has 0 fully saturated rings. The number of unbranched alkanes of at least 4 members (excludes halogenated alkanes) is 1. The average molecular weight is 1230 g/mol. The summed E-state index contributed by atoms with van der Waals surface area (Å²) in [5, 5.41) is 23.1. The van der Waals surface area contributed by atoms with Gasteiger partial charge in [-0.3, -0.25) is 24.0 Å². The van der Waals surface area contributed by atoms with Gasteiger partial charge in [0.05, 0.1) is 135 Å². The van der Waals surface area contributed by atoms with E-state index in [-0.39, 0.29) is 94.8 Å². The molecule has 484 valence electrons. The van der Waals surface area contributed by atoms with E-state index in [0.717, 1.165) is 13.0 Å². The molecule has 87 heavy (non-hydrogen) atoms. The van der Waals surface area contributed by atoms with Gasteiger partial charge in [-0.25, -0.2) is 14.6 Å². The second-order valence-corrected chi connectivity index (χ2v) is 22.5. The molecule has 1 aromatic carbocycles. The maximum atomic E-state index is 14.0. The van der Waals surface area contributed by atoms with Crippen LogP contribution in [0.15, 0.2) is 23.0 Å². The zero-order valence-electron chi connectivity index (χ0n) is 51.6. The number of fused-ring (bicyclic) bond motifs is 6. The van der Waals surface area contributed by atoms with E-state index >= 15 is 0 Å². The second kappa shape index (κ2) is 35.6. The third-order valence-corrected chi connectivity index (χ3v) is 14.5. The number of pyridine rings is 2. The summed E-state index contributed by atoms with van der Waals surface area (Å²) in [5.41, 5.74) is -0.437. The summed E-state index contributed by atoms with van der Waals surface area (Å²) in [6.45, 7) is 18.9. The zero-order valence-corrected chi connectivity index (χ0v) is 51.6. The van der Waals surface area contributed by atoms with Gasteiger partial charge in [0.25, 0.3) is 5.56 Å². The van der Waals surface area contributed by atoms with Crippen LogP contribution in [0.25, 0.3) is 22.3 Å². The summed E-state index contributed by atoms with van der Waals surface area (Å²) in [4.78, 5) is 99.0. The van der Waals surface area contributed by atoms with E-state index in [0.29, 0.717) is 144 Å². The molecular formula is C61H90N6O20. The van der Waals surface area contributed by atoms with Crippen molar-refractivity contribution in [2.75, 3.05) is 126 Å². The normalized spacial score (nSPS) is 15.6. The summed E-state index contributed by atoms with van der Waals surface area (Å²) in [6, 6.07) is 3.93. The highest BCUT2D eigenvalue weighted by atomic mass is 16.7. The van der Waals surface area contributed by atoms with Gasteiger partial charge in [-0.1, -0.05) is 27.7 Å². The Balaban J connectivity index is 0.942. The Kier molecular flexibility index (Phi) is 28.5. The fourth-order valence-electron chi connectivity index (χ4n) is 9.77. The molecule has 26 nitrogen and oxygen atoms in total. The lowest BCUT2D eigenvalue weighted by Gasteiger charge is -2.31. The fraction of sp³-hybridized carbons (Fsp3) is 0.672. The molecule has 3 aliphatic heterocycles. The van der Waals surface area contributed by atoms with Gasteiger partial charge in [-0.15, -0.1) is 0 Å². The van der Waals surface area contributed by atoms with E-state index in [4.69, 9.17) is 61.8 Å². The Morgan fingerprint density at radius 2 is 1.29 bits per heavy atom. The van der Waals surface area contributed by atoms with E-state index in [1.54, 1.807) is 45.9 Å². The minimum atomic E-state index is -2.04. The topological polar surface area (TPSA) is 316 Å². The van der Waals surface area contributed by atoms with Gasteiger partial charge in [0.2, 0.25) is 24.5 Å². The van der Waals surface area contributed by atoms with Gasteiger partial charge in [0.1, 0.15) is 24.0 Å². The average Bonchev–Trinajstić information content (AvgIpc) is 1.67.